The summed E-state index contributed by atoms with van der Waals surface area (Å²) in [5, 5.41) is 0. The molecule has 128 valence electrons. The van der Waals surface area contributed by atoms with Gasteiger partial charge in [0.1, 0.15) is 5.75 Å². The van der Waals surface area contributed by atoms with Crippen LogP contribution in [0.5, 0.6) is 5.75 Å². The minimum Gasteiger partial charge on any atom is -0.496 e. The van der Waals surface area contributed by atoms with Crippen LogP contribution >= 0.6 is 0 Å². The van der Waals surface area contributed by atoms with Crippen LogP contribution < -0.4 is 4.74 Å². The van der Waals surface area contributed by atoms with E-state index in [1.807, 2.05) is 7.11 Å². The SMILES string of the molecule is COc1c(C)cc2c(c1C(C)C)CCC1C(C)(C)CCCC21C. The van der Waals surface area contributed by atoms with Gasteiger partial charge in [-0.25, -0.2) is 0 Å². The number of methoxy groups -OCH3 is 1. The lowest BCUT2D eigenvalue weighted by Crippen LogP contribution is -2.48. The summed E-state index contributed by atoms with van der Waals surface area (Å²) in [7, 11) is 1.83. The highest BCUT2D eigenvalue weighted by atomic mass is 16.5. The molecule has 0 heterocycles. The molecule has 1 nitrogen and oxygen atoms in total. The highest BCUT2D eigenvalue weighted by Gasteiger charge is 2.50. The average Bonchev–Trinajstić information content (AvgIpc) is 2.45. The van der Waals surface area contributed by atoms with Crippen molar-refractivity contribution in [3.63, 3.8) is 0 Å². The number of hydrogen-bond acceptors (Lipinski definition) is 1. The maximum Gasteiger partial charge on any atom is 0.125 e. The van der Waals surface area contributed by atoms with E-state index in [4.69, 9.17) is 4.74 Å². The van der Waals surface area contributed by atoms with Gasteiger partial charge in [-0.1, -0.05) is 47.1 Å². The second-order valence-electron chi connectivity index (χ2n) is 9.17. The van der Waals surface area contributed by atoms with Crippen molar-refractivity contribution in [3.05, 3.63) is 28.3 Å². The van der Waals surface area contributed by atoms with Crippen molar-refractivity contribution in [2.75, 3.05) is 7.11 Å². The third kappa shape index (κ3) is 2.42. The Morgan fingerprint density at radius 2 is 1.87 bits per heavy atom. The maximum atomic E-state index is 5.81. The van der Waals surface area contributed by atoms with Crippen LogP contribution in [0.15, 0.2) is 6.07 Å². The van der Waals surface area contributed by atoms with Gasteiger partial charge in [-0.3, -0.25) is 0 Å². The normalized spacial score (nSPS) is 29.1. The molecule has 23 heavy (non-hydrogen) atoms. The van der Waals surface area contributed by atoms with Crippen LogP contribution in [0.1, 0.15) is 88.5 Å². The number of aryl methyl sites for hydroxylation is 1. The molecular formula is C22H34O. The molecule has 0 aliphatic heterocycles. The Hall–Kier alpha value is -0.980. The van der Waals surface area contributed by atoms with E-state index >= 15 is 0 Å². The molecule has 1 aromatic rings. The lowest BCUT2D eigenvalue weighted by atomic mass is 9.50. The second-order valence-corrected chi connectivity index (χ2v) is 9.17. The van der Waals surface area contributed by atoms with Gasteiger partial charge in [-0.2, -0.15) is 0 Å². The van der Waals surface area contributed by atoms with Gasteiger partial charge in [0.2, 0.25) is 0 Å². The van der Waals surface area contributed by atoms with Crippen molar-refractivity contribution >= 4 is 0 Å². The van der Waals surface area contributed by atoms with Crippen LogP contribution in [0.25, 0.3) is 0 Å². The average molecular weight is 315 g/mol. The van der Waals surface area contributed by atoms with Crippen LogP contribution in [-0.2, 0) is 11.8 Å². The van der Waals surface area contributed by atoms with E-state index < -0.39 is 0 Å². The smallest absolute Gasteiger partial charge is 0.125 e. The lowest BCUT2D eigenvalue weighted by molar-refractivity contribution is 0.0404. The monoisotopic (exact) mass is 314 g/mol. The van der Waals surface area contributed by atoms with E-state index in [1.54, 1.807) is 11.1 Å². The molecule has 0 bridgehead atoms. The highest BCUT2D eigenvalue weighted by molar-refractivity contribution is 5.55. The maximum absolute atomic E-state index is 5.81. The van der Waals surface area contributed by atoms with E-state index in [1.165, 1.54) is 43.2 Å². The fourth-order valence-electron chi connectivity index (χ4n) is 5.97. The van der Waals surface area contributed by atoms with Gasteiger partial charge in [0.05, 0.1) is 7.11 Å². The van der Waals surface area contributed by atoms with Crippen LogP contribution in [0.3, 0.4) is 0 Å². The van der Waals surface area contributed by atoms with Crippen molar-refractivity contribution in [3.8, 4) is 5.75 Å². The summed E-state index contributed by atoms with van der Waals surface area (Å²) in [5.74, 6) is 2.47. The van der Waals surface area contributed by atoms with Gasteiger partial charge >= 0.3 is 0 Å². The summed E-state index contributed by atoms with van der Waals surface area (Å²) in [6, 6.07) is 2.47. The summed E-state index contributed by atoms with van der Waals surface area (Å²) >= 11 is 0. The molecule has 0 spiro atoms. The minimum atomic E-state index is 0.343. The predicted octanol–water partition coefficient (Wildman–Crippen LogP) is 6.16. The Bertz CT molecular complexity index is 611. The summed E-state index contributed by atoms with van der Waals surface area (Å²) in [4.78, 5) is 0. The number of ether oxygens (including phenoxy) is 1. The van der Waals surface area contributed by atoms with Crippen molar-refractivity contribution in [1.29, 1.82) is 0 Å². The minimum absolute atomic E-state index is 0.343. The Balaban J connectivity index is 2.23. The molecule has 0 amide bonds. The quantitative estimate of drug-likeness (QED) is 0.635. The number of hydrogen-bond donors (Lipinski definition) is 0. The molecule has 1 fully saturated rings. The predicted molar refractivity (Wildman–Crippen MR) is 98.6 cm³/mol. The van der Waals surface area contributed by atoms with E-state index in [0.29, 0.717) is 16.7 Å². The van der Waals surface area contributed by atoms with Crippen LogP contribution in [0, 0.1) is 18.3 Å². The molecular weight excluding hydrogens is 280 g/mol. The van der Waals surface area contributed by atoms with Crippen LogP contribution in [0.2, 0.25) is 0 Å². The molecule has 0 saturated heterocycles. The summed E-state index contributed by atoms with van der Waals surface area (Å²) in [6.07, 6.45) is 6.65. The van der Waals surface area contributed by atoms with E-state index in [0.717, 1.165) is 11.7 Å². The first-order valence-electron chi connectivity index (χ1n) is 9.43. The van der Waals surface area contributed by atoms with Crippen molar-refractivity contribution < 1.29 is 4.74 Å². The summed E-state index contributed by atoms with van der Waals surface area (Å²) in [6.45, 7) is 14.4. The third-order valence-corrected chi connectivity index (χ3v) is 6.92. The van der Waals surface area contributed by atoms with E-state index in [-0.39, 0.29) is 0 Å². The molecule has 1 heteroatoms. The van der Waals surface area contributed by atoms with Crippen molar-refractivity contribution in [2.45, 2.75) is 85.0 Å². The Kier molecular flexibility index (Phi) is 4.06. The zero-order chi connectivity index (χ0) is 17.0. The standard InChI is InChI=1S/C22H34O/c1-14(2)19-16-9-10-18-21(4,5)11-8-12-22(18,6)17(16)13-15(3)20(19)23-7/h13-14,18H,8-12H2,1-7H3. The molecule has 1 saturated carbocycles. The van der Waals surface area contributed by atoms with Gasteiger partial charge in [0.15, 0.2) is 0 Å². The lowest BCUT2D eigenvalue weighted by Gasteiger charge is -2.55. The molecule has 1 aromatic carbocycles. The fourth-order valence-corrected chi connectivity index (χ4v) is 5.97. The molecule has 2 aliphatic rings. The fraction of sp³-hybridized carbons (Fsp3) is 0.727. The number of fused-ring (bicyclic) bond motifs is 3. The van der Waals surface area contributed by atoms with Crippen LogP contribution in [-0.4, -0.2) is 7.11 Å². The van der Waals surface area contributed by atoms with Gasteiger partial charge in [0, 0.05) is 5.56 Å². The zero-order valence-electron chi connectivity index (χ0n) is 16.2. The number of rotatable bonds is 2. The topological polar surface area (TPSA) is 9.23 Å². The number of benzene rings is 1. The highest BCUT2D eigenvalue weighted by Crippen LogP contribution is 2.58. The Labute approximate surface area is 142 Å². The van der Waals surface area contributed by atoms with E-state index in [2.05, 4.69) is 47.6 Å². The van der Waals surface area contributed by atoms with E-state index in [9.17, 15) is 0 Å². The molecule has 3 rings (SSSR count). The Morgan fingerprint density at radius 3 is 2.48 bits per heavy atom. The van der Waals surface area contributed by atoms with Crippen molar-refractivity contribution in [1.82, 2.24) is 0 Å². The third-order valence-electron chi connectivity index (χ3n) is 6.92. The molecule has 0 radical (unpaired) electrons. The first kappa shape index (κ1) is 16.9. The van der Waals surface area contributed by atoms with Gasteiger partial charge < -0.3 is 4.74 Å². The molecule has 0 aromatic heterocycles. The molecule has 2 aliphatic carbocycles. The zero-order valence-corrected chi connectivity index (χ0v) is 16.2. The summed E-state index contributed by atoms with van der Waals surface area (Å²) < 4.78 is 5.81. The largest absolute Gasteiger partial charge is 0.496 e. The van der Waals surface area contributed by atoms with Crippen molar-refractivity contribution in [2.24, 2.45) is 11.3 Å². The van der Waals surface area contributed by atoms with Gasteiger partial charge in [-0.05, 0) is 72.0 Å². The molecule has 2 atom stereocenters. The van der Waals surface area contributed by atoms with Gasteiger partial charge in [-0.15, -0.1) is 0 Å². The molecule has 0 N–H and O–H groups in total. The first-order chi connectivity index (χ1) is 10.7. The van der Waals surface area contributed by atoms with Crippen LogP contribution in [0.4, 0.5) is 0 Å². The summed E-state index contributed by atoms with van der Waals surface area (Å²) in [5.41, 5.74) is 6.86. The Morgan fingerprint density at radius 1 is 1.17 bits per heavy atom. The van der Waals surface area contributed by atoms with Gasteiger partial charge in [0.25, 0.3) is 0 Å². The second kappa shape index (κ2) is 5.53. The molecule has 2 unspecified atom stereocenters. The first-order valence-corrected chi connectivity index (χ1v) is 9.43.